The van der Waals surface area contributed by atoms with E-state index >= 15 is 0 Å². The second-order valence-corrected chi connectivity index (χ2v) is 4.88. The number of nitrogen functional groups attached to an aromatic ring is 1. The molecule has 110 valence electrons. The Morgan fingerprint density at radius 1 is 1.43 bits per heavy atom. The molecule has 0 unspecified atom stereocenters. The minimum absolute atomic E-state index is 0.120. The van der Waals surface area contributed by atoms with E-state index < -0.39 is 5.97 Å². The highest BCUT2D eigenvalue weighted by molar-refractivity contribution is 5.95. The third kappa shape index (κ3) is 3.31. The standard InChI is InChI=1S/C16H19N3O2/c1-3-11-5-4-6-18-14(11)9-19-12-7-10(2)15(17)13(8-12)16(20)21/h4-8,19H,3,9,17H2,1-2H3,(H,20,21). The molecule has 5 nitrogen and oxygen atoms in total. The molecule has 0 fully saturated rings. The molecule has 0 atom stereocenters. The Balaban J connectivity index is 2.22. The van der Waals surface area contributed by atoms with Crippen LogP contribution in [-0.2, 0) is 13.0 Å². The van der Waals surface area contributed by atoms with Crippen LogP contribution in [0.25, 0.3) is 0 Å². The highest BCUT2D eigenvalue weighted by Gasteiger charge is 2.12. The van der Waals surface area contributed by atoms with Crippen LogP contribution in [0.5, 0.6) is 0 Å². The molecule has 4 N–H and O–H groups in total. The number of nitrogens with zero attached hydrogens (tertiary/aromatic N) is 1. The molecule has 0 amide bonds. The molecule has 0 aliphatic heterocycles. The van der Waals surface area contributed by atoms with Crippen molar-refractivity contribution in [1.82, 2.24) is 4.98 Å². The van der Waals surface area contributed by atoms with Crippen LogP contribution >= 0.6 is 0 Å². The van der Waals surface area contributed by atoms with Crippen LogP contribution in [0.4, 0.5) is 11.4 Å². The molecule has 0 saturated heterocycles. The molecule has 0 aliphatic rings. The Hall–Kier alpha value is -2.56. The quantitative estimate of drug-likeness (QED) is 0.735. The summed E-state index contributed by atoms with van der Waals surface area (Å²) in [7, 11) is 0. The lowest BCUT2D eigenvalue weighted by atomic mass is 10.1. The number of nitrogens with one attached hydrogen (secondary N) is 1. The maximum Gasteiger partial charge on any atom is 0.337 e. The van der Waals surface area contributed by atoms with Gasteiger partial charge in [-0.3, -0.25) is 4.98 Å². The molecule has 0 spiro atoms. The van der Waals surface area contributed by atoms with Gasteiger partial charge in [0.25, 0.3) is 0 Å². The number of aromatic nitrogens is 1. The van der Waals surface area contributed by atoms with Gasteiger partial charge in [-0.1, -0.05) is 13.0 Å². The minimum Gasteiger partial charge on any atom is -0.478 e. The SMILES string of the molecule is CCc1cccnc1CNc1cc(C)c(N)c(C(=O)O)c1. The third-order valence-corrected chi connectivity index (χ3v) is 3.44. The largest absolute Gasteiger partial charge is 0.478 e. The van der Waals surface area contributed by atoms with Gasteiger partial charge in [-0.05, 0) is 42.7 Å². The molecular formula is C16H19N3O2. The number of carboxylic acid groups (broad SMARTS) is 1. The van der Waals surface area contributed by atoms with Crippen LogP contribution in [-0.4, -0.2) is 16.1 Å². The summed E-state index contributed by atoms with van der Waals surface area (Å²) in [6.45, 7) is 4.42. The van der Waals surface area contributed by atoms with Crippen molar-refractivity contribution in [2.45, 2.75) is 26.8 Å². The summed E-state index contributed by atoms with van der Waals surface area (Å²) in [5.74, 6) is -1.02. The van der Waals surface area contributed by atoms with Crippen LogP contribution < -0.4 is 11.1 Å². The molecule has 1 aromatic heterocycles. The average molecular weight is 285 g/mol. The Bertz CT molecular complexity index is 669. The number of pyridine rings is 1. The first-order valence-electron chi connectivity index (χ1n) is 6.83. The van der Waals surface area contributed by atoms with E-state index in [4.69, 9.17) is 10.8 Å². The molecule has 0 saturated carbocycles. The number of hydrogen-bond donors (Lipinski definition) is 3. The zero-order valence-electron chi connectivity index (χ0n) is 12.2. The summed E-state index contributed by atoms with van der Waals surface area (Å²) in [4.78, 5) is 15.5. The summed E-state index contributed by atoms with van der Waals surface area (Å²) in [6.07, 6.45) is 2.67. The average Bonchev–Trinajstić information content (AvgIpc) is 2.48. The number of rotatable bonds is 5. The lowest BCUT2D eigenvalue weighted by molar-refractivity contribution is 0.0698. The summed E-state index contributed by atoms with van der Waals surface area (Å²) in [5, 5.41) is 12.4. The van der Waals surface area contributed by atoms with E-state index in [1.165, 1.54) is 5.56 Å². The zero-order chi connectivity index (χ0) is 15.4. The second-order valence-electron chi connectivity index (χ2n) is 4.88. The fourth-order valence-corrected chi connectivity index (χ4v) is 2.22. The monoisotopic (exact) mass is 285 g/mol. The number of carboxylic acids is 1. The second kappa shape index (κ2) is 6.26. The Morgan fingerprint density at radius 2 is 2.19 bits per heavy atom. The van der Waals surface area contributed by atoms with Gasteiger partial charge < -0.3 is 16.2 Å². The van der Waals surface area contributed by atoms with Gasteiger partial charge in [0.1, 0.15) is 0 Å². The molecule has 5 heteroatoms. The Labute approximate surface area is 123 Å². The van der Waals surface area contributed by atoms with Crippen molar-refractivity contribution in [1.29, 1.82) is 0 Å². The molecule has 2 rings (SSSR count). The van der Waals surface area contributed by atoms with Gasteiger partial charge in [-0.15, -0.1) is 0 Å². The van der Waals surface area contributed by atoms with Crippen molar-refractivity contribution in [2.75, 3.05) is 11.1 Å². The first-order valence-corrected chi connectivity index (χ1v) is 6.83. The number of aromatic carboxylic acids is 1. The number of anilines is 2. The first-order chi connectivity index (χ1) is 10.0. The first kappa shape index (κ1) is 14.8. The lowest BCUT2D eigenvalue weighted by Gasteiger charge is -2.12. The minimum atomic E-state index is -1.02. The maximum absolute atomic E-state index is 11.2. The number of nitrogens with two attached hydrogens (primary N) is 1. The van der Waals surface area contributed by atoms with Crippen molar-refractivity contribution in [2.24, 2.45) is 0 Å². The zero-order valence-corrected chi connectivity index (χ0v) is 12.2. The van der Waals surface area contributed by atoms with Crippen molar-refractivity contribution >= 4 is 17.3 Å². The normalized spacial score (nSPS) is 10.4. The topological polar surface area (TPSA) is 88.2 Å². The van der Waals surface area contributed by atoms with E-state index in [9.17, 15) is 4.79 Å². The van der Waals surface area contributed by atoms with Gasteiger partial charge >= 0.3 is 5.97 Å². The van der Waals surface area contributed by atoms with E-state index in [1.807, 2.05) is 18.2 Å². The third-order valence-electron chi connectivity index (χ3n) is 3.44. The van der Waals surface area contributed by atoms with E-state index in [-0.39, 0.29) is 5.56 Å². The molecule has 2 aromatic rings. The van der Waals surface area contributed by atoms with Crippen molar-refractivity contribution in [3.05, 3.63) is 52.8 Å². The van der Waals surface area contributed by atoms with Gasteiger partial charge in [-0.2, -0.15) is 0 Å². The maximum atomic E-state index is 11.2. The Morgan fingerprint density at radius 3 is 2.86 bits per heavy atom. The molecule has 21 heavy (non-hydrogen) atoms. The molecule has 0 aliphatic carbocycles. The number of aryl methyl sites for hydroxylation is 2. The molecule has 0 radical (unpaired) electrons. The van der Waals surface area contributed by atoms with Crippen molar-refractivity contribution in [3.63, 3.8) is 0 Å². The van der Waals surface area contributed by atoms with Gasteiger partial charge in [0.05, 0.1) is 17.8 Å². The summed E-state index contributed by atoms with van der Waals surface area (Å²) in [6, 6.07) is 7.36. The van der Waals surface area contributed by atoms with Gasteiger partial charge in [-0.25, -0.2) is 4.79 Å². The number of hydrogen-bond acceptors (Lipinski definition) is 4. The lowest BCUT2D eigenvalue weighted by Crippen LogP contribution is -2.08. The van der Waals surface area contributed by atoms with Gasteiger partial charge in [0.15, 0.2) is 0 Å². The fourth-order valence-electron chi connectivity index (χ4n) is 2.22. The predicted molar refractivity (Wildman–Crippen MR) is 83.5 cm³/mol. The van der Waals surface area contributed by atoms with E-state index in [0.29, 0.717) is 12.2 Å². The smallest absolute Gasteiger partial charge is 0.337 e. The molecule has 1 aromatic carbocycles. The highest BCUT2D eigenvalue weighted by Crippen LogP contribution is 2.23. The van der Waals surface area contributed by atoms with Gasteiger partial charge in [0, 0.05) is 17.6 Å². The molecular weight excluding hydrogens is 266 g/mol. The summed E-state index contributed by atoms with van der Waals surface area (Å²) in [5.41, 5.74) is 9.82. The van der Waals surface area contributed by atoms with Crippen LogP contribution in [0.15, 0.2) is 30.5 Å². The van der Waals surface area contributed by atoms with Crippen molar-refractivity contribution < 1.29 is 9.90 Å². The molecule has 1 heterocycles. The number of carbonyl (C=O) groups is 1. The van der Waals surface area contributed by atoms with E-state index in [2.05, 4.69) is 17.2 Å². The van der Waals surface area contributed by atoms with Crippen LogP contribution in [0.3, 0.4) is 0 Å². The van der Waals surface area contributed by atoms with Crippen LogP contribution in [0, 0.1) is 6.92 Å². The predicted octanol–water partition coefficient (Wildman–Crippen LogP) is 2.84. The fraction of sp³-hybridized carbons (Fsp3) is 0.250. The van der Waals surface area contributed by atoms with Crippen LogP contribution in [0.2, 0.25) is 0 Å². The highest BCUT2D eigenvalue weighted by atomic mass is 16.4. The summed E-state index contributed by atoms with van der Waals surface area (Å²) < 4.78 is 0. The van der Waals surface area contributed by atoms with Gasteiger partial charge in [0.2, 0.25) is 0 Å². The van der Waals surface area contributed by atoms with Crippen molar-refractivity contribution in [3.8, 4) is 0 Å². The van der Waals surface area contributed by atoms with E-state index in [1.54, 1.807) is 19.2 Å². The summed E-state index contributed by atoms with van der Waals surface area (Å²) >= 11 is 0. The Kier molecular flexibility index (Phi) is 4.42. The van der Waals surface area contributed by atoms with E-state index in [0.717, 1.165) is 23.4 Å². The van der Waals surface area contributed by atoms with Crippen LogP contribution in [0.1, 0.15) is 34.1 Å². The number of benzene rings is 1. The molecule has 0 bridgehead atoms.